The third-order valence-electron chi connectivity index (χ3n) is 4.27. The lowest BCUT2D eigenvalue weighted by Gasteiger charge is -2.14. The Kier molecular flexibility index (Phi) is 11.8. The topological polar surface area (TPSA) is 63.2 Å². The Bertz CT molecular complexity index is 748. The van der Waals surface area contributed by atoms with Gasteiger partial charge in [-0.05, 0) is 55.3 Å². The Morgan fingerprint density at radius 2 is 1.48 bits per heavy atom. The van der Waals surface area contributed by atoms with Gasteiger partial charge in [0, 0.05) is 11.6 Å². The van der Waals surface area contributed by atoms with Crippen LogP contribution in [0.2, 0.25) is 5.02 Å². The number of benzene rings is 2. The van der Waals surface area contributed by atoms with Gasteiger partial charge in [0.05, 0.1) is 19.8 Å². The Hall–Kier alpha value is -2.28. The molecular formula is C24H31ClO6. The van der Waals surface area contributed by atoms with Gasteiger partial charge in [-0.25, -0.2) is 4.79 Å². The summed E-state index contributed by atoms with van der Waals surface area (Å²) in [4.78, 5) is 12.0. The monoisotopic (exact) mass is 450 g/mol. The number of rotatable bonds is 15. The van der Waals surface area contributed by atoms with Crippen LogP contribution in [0.4, 0.5) is 0 Å². The van der Waals surface area contributed by atoms with Crippen molar-refractivity contribution in [3.05, 3.63) is 59.1 Å². The maximum absolute atomic E-state index is 12.0. The van der Waals surface area contributed by atoms with Crippen LogP contribution < -0.4 is 9.47 Å². The molecule has 0 aliphatic rings. The molecule has 2 aromatic carbocycles. The molecule has 0 aliphatic heterocycles. The number of ether oxygens (including phenoxy) is 5. The average molecular weight is 451 g/mol. The standard InChI is InChI=1S/C24H31ClO6/c1-3-4-13-27-14-15-28-16-17-29-24(26)19(2)31-23-9-5-20(6-10-23)18-30-22-11-7-21(25)8-12-22/h5-12,19H,3-4,13-18H2,1-2H3. The number of esters is 1. The first-order valence-corrected chi connectivity index (χ1v) is 10.9. The minimum absolute atomic E-state index is 0.183. The first-order valence-electron chi connectivity index (χ1n) is 10.5. The molecule has 7 heteroatoms. The molecule has 1 atom stereocenters. The molecule has 0 bridgehead atoms. The van der Waals surface area contributed by atoms with E-state index in [1.807, 2.05) is 24.3 Å². The highest BCUT2D eigenvalue weighted by Crippen LogP contribution is 2.19. The highest BCUT2D eigenvalue weighted by molar-refractivity contribution is 6.30. The predicted octanol–water partition coefficient (Wildman–Crippen LogP) is 5.06. The molecule has 170 valence electrons. The number of unbranched alkanes of at least 4 members (excludes halogenated alkanes) is 1. The number of halogens is 1. The van der Waals surface area contributed by atoms with Gasteiger partial charge in [-0.15, -0.1) is 0 Å². The highest BCUT2D eigenvalue weighted by atomic mass is 35.5. The van der Waals surface area contributed by atoms with Crippen molar-refractivity contribution in [1.29, 1.82) is 0 Å². The zero-order valence-electron chi connectivity index (χ0n) is 18.2. The Morgan fingerprint density at radius 1 is 0.871 bits per heavy atom. The van der Waals surface area contributed by atoms with E-state index >= 15 is 0 Å². The minimum Gasteiger partial charge on any atom is -0.489 e. The van der Waals surface area contributed by atoms with Crippen molar-refractivity contribution in [1.82, 2.24) is 0 Å². The van der Waals surface area contributed by atoms with Crippen LogP contribution in [0.15, 0.2) is 48.5 Å². The summed E-state index contributed by atoms with van der Waals surface area (Å²) in [5.74, 6) is 0.896. The fraction of sp³-hybridized carbons (Fsp3) is 0.458. The second-order valence-electron chi connectivity index (χ2n) is 6.89. The Morgan fingerprint density at radius 3 is 2.16 bits per heavy atom. The van der Waals surface area contributed by atoms with Gasteiger partial charge in [0.15, 0.2) is 6.10 Å². The molecule has 6 nitrogen and oxygen atoms in total. The number of hydrogen-bond donors (Lipinski definition) is 0. The van der Waals surface area contributed by atoms with E-state index in [-0.39, 0.29) is 6.61 Å². The maximum atomic E-state index is 12.0. The van der Waals surface area contributed by atoms with Gasteiger partial charge in [-0.3, -0.25) is 0 Å². The largest absolute Gasteiger partial charge is 0.489 e. The van der Waals surface area contributed by atoms with Gasteiger partial charge >= 0.3 is 5.97 Å². The summed E-state index contributed by atoms with van der Waals surface area (Å²) >= 11 is 5.86. The van der Waals surface area contributed by atoms with Crippen LogP contribution in [0.1, 0.15) is 32.3 Å². The first kappa shape index (κ1) is 25.0. The van der Waals surface area contributed by atoms with Crippen molar-refractivity contribution < 1.29 is 28.5 Å². The summed E-state index contributed by atoms with van der Waals surface area (Å²) in [6, 6.07) is 14.6. The van der Waals surface area contributed by atoms with Crippen molar-refractivity contribution in [2.24, 2.45) is 0 Å². The van der Waals surface area contributed by atoms with Gasteiger partial charge in [-0.2, -0.15) is 0 Å². The summed E-state index contributed by atoms with van der Waals surface area (Å²) < 4.78 is 27.3. The molecule has 2 rings (SSSR count). The van der Waals surface area contributed by atoms with Crippen LogP contribution in [0, 0.1) is 0 Å². The lowest BCUT2D eigenvalue weighted by atomic mass is 10.2. The van der Waals surface area contributed by atoms with Crippen LogP contribution in [0.5, 0.6) is 11.5 Å². The maximum Gasteiger partial charge on any atom is 0.347 e. The smallest absolute Gasteiger partial charge is 0.347 e. The van der Waals surface area contributed by atoms with Crippen molar-refractivity contribution in [3.8, 4) is 11.5 Å². The Balaban J connectivity index is 1.60. The zero-order valence-corrected chi connectivity index (χ0v) is 18.9. The van der Waals surface area contributed by atoms with Gasteiger partial charge in [0.2, 0.25) is 0 Å². The van der Waals surface area contributed by atoms with Crippen LogP contribution in [0.25, 0.3) is 0 Å². The molecular weight excluding hydrogens is 420 g/mol. The molecule has 2 aromatic rings. The lowest BCUT2D eigenvalue weighted by Crippen LogP contribution is -2.27. The van der Waals surface area contributed by atoms with E-state index in [9.17, 15) is 4.79 Å². The third kappa shape index (κ3) is 10.5. The molecule has 1 unspecified atom stereocenters. The van der Waals surface area contributed by atoms with Gasteiger partial charge < -0.3 is 23.7 Å². The first-order chi connectivity index (χ1) is 15.1. The lowest BCUT2D eigenvalue weighted by molar-refractivity contribution is -0.152. The number of carbonyl (C=O) groups is 1. The highest BCUT2D eigenvalue weighted by Gasteiger charge is 2.16. The molecule has 0 N–H and O–H groups in total. The van der Waals surface area contributed by atoms with Gasteiger partial charge in [0.25, 0.3) is 0 Å². The van der Waals surface area contributed by atoms with Crippen molar-refractivity contribution >= 4 is 17.6 Å². The van der Waals surface area contributed by atoms with Crippen LogP contribution >= 0.6 is 11.6 Å². The van der Waals surface area contributed by atoms with Crippen molar-refractivity contribution in [2.75, 3.05) is 33.0 Å². The normalized spacial score (nSPS) is 11.7. The van der Waals surface area contributed by atoms with E-state index in [0.717, 1.165) is 30.8 Å². The number of carbonyl (C=O) groups excluding carboxylic acids is 1. The van der Waals surface area contributed by atoms with E-state index in [0.29, 0.717) is 37.2 Å². The molecule has 0 heterocycles. The summed E-state index contributed by atoms with van der Waals surface area (Å²) in [7, 11) is 0. The molecule has 0 saturated heterocycles. The zero-order chi connectivity index (χ0) is 22.3. The summed E-state index contributed by atoms with van der Waals surface area (Å²) in [6.45, 7) is 6.49. The molecule has 0 saturated carbocycles. The predicted molar refractivity (Wildman–Crippen MR) is 120 cm³/mol. The van der Waals surface area contributed by atoms with E-state index in [1.165, 1.54) is 0 Å². The summed E-state index contributed by atoms with van der Waals surface area (Å²) in [5.41, 5.74) is 0.980. The van der Waals surface area contributed by atoms with E-state index in [2.05, 4.69) is 6.92 Å². The third-order valence-corrected chi connectivity index (χ3v) is 4.53. The van der Waals surface area contributed by atoms with Crippen molar-refractivity contribution in [2.45, 2.75) is 39.4 Å². The van der Waals surface area contributed by atoms with Crippen molar-refractivity contribution in [3.63, 3.8) is 0 Å². The molecule has 0 aromatic heterocycles. The summed E-state index contributed by atoms with van der Waals surface area (Å²) in [6.07, 6.45) is 1.45. The minimum atomic E-state index is -0.714. The second-order valence-corrected chi connectivity index (χ2v) is 7.33. The van der Waals surface area contributed by atoms with E-state index < -0.39 is 12.1 Å². The van der Waals surface area contributed by atoms with E-state index in [1.54, 1.807) is 31.2 Å². The quantitative estimate of drug-likeness (QED) is 0.279. The van der Waals surface area contributed by atoms with Crippen LogP contribution in [-0.2, 0) is 25.6 Å². The molecule has 0 radical (unpaired) electrons. The Labute approximate surface area is 189 Å². The molecule has 0 fully saturated rings. The molecule has 31 heavy (non-hydrogen) atoms. The molecule has 0 amide bonds. The molecule has 0 aliphatic carbocycles. The fourth-order valence-electron chi connectivity index (χ4n) is 2.50. The van der Waals surface area contributed by atoms with E-state index in [4.69, 9.17) is 35.3 Å². The van der Waals surface area contributed by atoms with Crippen LogP contribution in [0.3, 0.4) is 0 Å². The average Bonchev–Trinajstić information content (AvgIpc) is 2.78. The second kappa shape index (κ2) is 14.7. The van der Waals surface area contributed by atoms with Crippen LogP contribution in [-0.4, -0.2) is 45.1 Å². The number of hydrogen-bond acceptors (Lipinski definition) is 6. The fourth-order valence-corrected chi connectivity index (χ4v) is 2.63. The SMILES string of the molecule is CCCCOCCOCCOC(=O)C(C)Oc1ccc(COc2ccc(Cl)cc2)cc1. The van der Waals surface area contributed by atoms with Gasteiger partial charge in [-0.1, -0.05) is 37.1 Å². The van der Waals surface area contributed by atoms with Gasteiger partial charge in [0.1, 0.15) is 24.7 Å². The molecule has 0 spiro atoms. The summed E-state index contributed by atoms with van der Waals surface area (Å²) in [5, 5.41) is 0.668.